The zero-order valence-electron chi connectivity index (χ0n) is 11.2. The lowest BCUT2D eigenvalue weighted by Gasteiger charge is -2.36. The molecule has 2 aromatic rings. The Kier molecular flexibility index (Phi) is 3.28. The molecule has 0 saturated heterocycles. The molecule has 3 rings (SSSR count). The minimum atomic E-state index is -0.659. The van der Waals surface area contributed by atoms with Crippen molar-refractivity contribution in [2.24, 2.45) is 5.73 Å². The van der Waals surface area contributed by atoms with Crippen molar-refractivity contribution in [3.05, 3.63) is 48.3 Å². The number of carbonyl (C=O) groups is 1. The average Bonchev–Trinajstić information content (AvgIpc) is 2.91. The van der Waals surface area contributed by atoms with Crippen LogP contribution in [0.3, 0.4) is 0 Å². The summed E-state index contributed by atoms with van der Waals surface area (Å²) < 4.78 is 1.86. The predicted octanol–water partition coefficient (Wildman–Crippen LogP) is 1.75. The summed E-state index contributed by atoms with van der Waals surface area (Å²) in [5, 5.41) is 7.05. The van der Waals surface area contributed by atoms with E-state index < -0.39 is 5.54 Å². The number of aromatic nitrogens is 2. The Morgan fingerprint density at radius 2 is 2.10 bits per heavy atom. The number of nitrogens with two attached hydrogens (primary N) is 1. The van der Waals surface area contributed by atoms with Crippen LogP contribution in [-0.4, -0.2) is 21.2 Å². The molecule has 0 aliphatic heterocycles. The van der Waals surface area contributed by atoms with Crippen LogP contribution in [0.15, 0.2) is 42.7 Å². The number of nitrogens with one attached hydrogen (secondary N) is 1. The summed E-state index contributed by atoms with van der Waals surface area (Å²) in [6.07, 6.45) is 6.26. The van der Waals surface area contributed by atoms with Crippen molar-refractivity contribution in [3.8, 4) is 0 Å². The van der Waals surface area contributed by atoms with Gasteiger partial charge in [0, 0.05) is 18.1 Å². The second-order valence-corrected chi connectivity index (χ2v) is 5.36. The Bertz CT molecular complexity index is 585. The molecule has 20 heavy (non-hydrogen) atoms. The van der Waals surface area contributed by atoms with E-state index in [9.17, 15) is 4.79 Å². The molecule has 1 aliphatic rings. The van der Waals surface area contributed by atoms with Crippen molar-refractivity contribution < 1.29 is 4.79 Å². The molecule has 0 spiro atoms. The molecular formula is C15H18N4O. The van der Waals surface area contributed by atoms with Crippen molar-refractivity contribution in [2.75, 3.05) is 5.32 Å². The van der Waals surface area contributed by atoms with Gasteiger partial charge >= 0.3 is 0 Å². The molecule has 1 aromatic carbocycles. The van der Waals surface area contributed by atoms with E-state index >= 15 is 0 Å². The summed E-state index contributed by atoms with van der Waals surface area (Å²) in [4.78, 5) is 12.0. The van der Waals surface area contributed by atoms with Gasteiger partial charge in [-0.1, -0.05) is 12.1 Å². The Labute approximate surface area is 117 Å². The Morgan fingerprint density at radius 1 is 1.35 bits per heavy atom. The first-order valence-electron chi connectivity index (χ1n) is 6.82. The van der Waals surface area contributed by atoms with Crippen molar-refractivity contribution in [1.29, 1.82) is 0 Å². The third kappa shape index (κ3) is 2.58. The lowest BCUT2D eigenvalue weighted by molar-refractivity contribution is -0.123. The lowest BCUT2D eigenvalue weighted by atomic mass is 9.77. The highest BCUT2D eigenvalue weighted by atomic mass is 16.2. The second-order valence-electron chi connectivity index (χ2n) is 5.36. The van der Waals surface area contributed by atoms with E-state index in [4.69, 9.17) is 5.73 Å². The highest BCUT2D eigenvalue weighted by molar-refractivity contribution is 5.98. The first-order valence-corrected chi connectivity index (χ1v) is 6.82. The number of anilines is 1. The number of nitrogens with zero attached hydrogens (tertiary/aromatic N) is 2. The predicted molar refractivity (Wildman–Crippen MR) is 77.2 cm³/mol. The molecule has 3 N–H and O–H groups in total. The van der Waals surface area contributed by atoms with E-state index in [1.54, 1.807) is 6.20 Å². The number of carbonyl (C=O) groups excluding carboxylic acids is 1. The minimum absolute atomic E-state index is 0.0800. The third-order valence-corrected chi connectivity index (χ3v) is 3.81. The first-order chi connectivity index (χ1) is 9.66. The van der Waals surface area contributed by atoms with Gasteiger partial charge in [-0.25, -0.2) is 0 Å². The summed E-state index contributed by atoms with van der Waals surface area (Å²) in [7, 11) is 0. The molecular weight excluding hydrogens is 252 g/mol. The van der Waals surface area contributed by atoms with Crippen LogP contribution in [0, 0.1) is 0 Å². The van der Waals surface area contributed by atoms with E-state index in [1.807, 2.05) is 41.2 Å². The summed E-state index contributed by atoms with van der Waals surface area (Å²) in [6.45, 7) is 0.724. The van der Waals surface area contributed by atoms with Crippen molar-refractivity contribution >= 4 is 11.6 Å². The van der Waals surface area contributed by atoms with Crippen LogP contribution in [0.1, 0.15) is 24.8 Å². The summed E-state index contributed by atoms with van der Waals surface area (Å²) in [6, 6.07) is 9.67. The van der Waals surface area contributed by atoms with Crippen LogP contribution in [-0.2, 0) is 11.3 Å². The normalized spacial score (nSPS) is 16.4. The SMILES string of the molecule is NC1(C(=O)Nc2ccc(Cn3cccn3)cc2)CCC1. The number of hydrogen-bond donors (Lipinski definition) is 2. The van der Waals surface area contributed by atoms with Gasteiger partial charge in [0.2, 0.25) is 5.91 Å². The van der Waals surface area contributed by atoms with Gasteiger partial charge in [-0.3, -0.25) is 9.48 Å². The standard InChI is InChI=1S/C15H18N4O/c16-15(7-1-8-15)14(20)18-13-5-3-12(4-6-13)11-19-10-2-9-17-19/h2-6,9-10H,1,7-8,11,16H2,(H,18,20). The van der Waals surface area contributed by atoms with Gasteiger partial charge in [-0.15, -0.1) is 0 Å². The van der Waals surface area contributed by atoms with Gasteiger partial charge in [-0.05, 0) is 43.0 Å². The number of hydrogen-bond acceptors (Lipinski definition) is 3. The van der Waals surface area contributed by atoms with E-state index in [0.29, 0.717) is 0 Å². The fraction of sp³-hybridized carbons (Fsp3) is 0.333. The van der Waals surface area contributed by atoms with Crippen molar-refractivity contribution in [2.45, 2.75) is 31.3 Å². The maximum atomic E-state index is 12.0. The van der Waals surface area contributed by atoms with Crippen molar-refractivity contribution in [3.63, 3.8) is 0 Å². The van der Waals surface area contributed by atoms with Gasteiger partial charge in [0.25, 0.3) is 0 Å². The maximum Gasteiger partial charge on any atom is 0.244 e. The molecule has 0 atom stereocenters. The highest BCUT2D eigenvalue weighted by Gasteiger charge is 2.40. The highest BCUT2D eigenvalue weighted by Crippen LogP contribution is 2.30. The van der Waals surface area contributed by atoms with Crippen molar-refractivity contribution in [1.82, 2.24) is 9.78 Å². The van der Waals surface area contributed by atoms with E-state index in [1.165, 1.54) is 0 Å². The van der Waals surface area contributed by atoms with Crippen LogP contribution in [0.5, 0.6) is 0 Å². The van der Waals surface area contributed by atoms with E-state index in [2.05, 4.69) is 10.4 Å². The first kappa shape index (κ1) is 12.9. The largest absolute Gasteiger partial charge is 0.324 e. The molecule has 1 fully saturated rings. The zero-order chi connectivity index (χ0) is 14.0. The average molecular weight is 270 g/mol. The molecule has 1 heterocycles. The van der Waals surface area contributed by atoms with Gasteiger partial charge in [0.1, 0.15) is 0 Å². The van der Waals surface area contributed by atoms with E-state index in [0.717, 1.165) is 37.1 Å². The monoisotopic (exact) mass is 270 g/mol. The Balaban J connectivity index is 1.62. The van der Waals surface area contributed by atoms with Gasteiger partial charge in [0.05, 0.1) is 12.1 Å². The molecule has 1 amide bonds. The number of amides is 1. The van der Waals surface area contributed by atoms with Gasteiger partial charge < -0.3 is 11.1 Å². The van der Waals surface area contributed by atoms with Crippen LogP contribution >= 0.6 is 0 Å². The summed E-state index contributed by atoms with van der Waals surface area (Å²) in [5.74, 6) is -0.0800. The molecule has 5 heteroatoms. The van der Waals surface area contributed by atoms with Crippen LogP contribution in [0.25, 0.3) is 0 Å². The zero-order valence-corrected chi connectivity index (χ0v) is 11.2. The fourth-order valence-corrected chi connectivity index (χ4v) is 2.31. The molecule has 0 bridgehead atoms. The molecule has 1 saturated carbocycles. The quantitative estimate of drug-likeness (QED) is 0.889. The minimum Gasteiger partial charge on any atom is -0.324 e. The topological polar surface area (TPSA) is 72.9 Å². The summed E-state index contributed by atoms with van der Waals surface area (Å²) >= 11 is 0. The van der Waals surface area contributed by atoms with Gasteiger partial charge in [-0.2, -0.15) is 5.10 Å². The van der Waals surface area contributed by atoms with Gasteiger partial charge in [0.15, 0.2) is 0 Å². The molecule has 5 nitrogen and oxygen atoms in total. The Hall–Kier alpha value is -2.14. The summed E-state index contributed by atoms with van der Waals surface area (Å²) in [5.41, 5.74) is 7.26. The smallest absolute Gasteiger partial charge is 0.244 e. The number of benzene rings is 1. The van der Waals surface area contributed by atoms with Crippen LogP contribution in [0.4, 0.5) is 5.69 Å². The van der Waals surface area contributed by atoms with Crippen LogP contribution < -0.4 is 11.1 Å². The number of rotatable bonds is 4. The fourth-order valence-electron chi connectivity index (χ4n) is 2.31. The maximum absolute atomic E-state index is 12.0. The Morgan fingerprint density at radius 3 is 2.65 bits per heavy atom. The molecule has 1 aromatic heterocycles. The molecule has 1 aliphatic carbocycles. The van der Waals surface area contributed by atoms with E-state index in [-0.39, 0.29) is 5.91 Å². The molecule has 0 radical (unpaired) electrons. The second kappa shape index (κ2) is 5.09. The molecule has 0 unspecified atom stereocenters. The van der Waals surface area contributed by atoms with Crippen LogP contribution in [0.2, 0.25) is 0 Å². The molecule has 104 valence electrons. The lowest BCUT2D eigenvalue weighted by Crippen LogP contribution is -2.56. The third-order valence-electron chi connectivity index (χ3n) is 3.81.